The van der Waals surface area contributed by atoms with Crippen molar-refractivity contribution in [2.75, 3.05) is 0 Å². The van der Waals surface area contributed by atoms with Gasteiger partial charge in [-0.3, -0.25) is 0 Å². The Hall–Kier alpha value is -1.24. The number of carbonyl (C=O) groups excluding carboxylic acids is 1. The SMILES string of the molecule is O=C1OC(c2ccc(I)cc2)=N/C1=C\c1cc(Br)c(OCc2ccc(I)cc2)c(Br)c1. The first-order valence-electron chi connectivity index (χ1n) is 9.04. The number of rotatable bonds is 5. The van der Waals surface area contributed by atoms with Gasteiger partial charge in [-0.15, -0.1) is 0 Å². The second-order valence-electron chi connectivity index (χ2n) is 6.57. The average molecular weight is 765 g/mol. The van der Waals surface area contributed by atoms with E-state index in [2.05, 4.69) is 82.0 Å². The lowest BCUT2D eigenvalue weighted by molar-refractivity contribution is -0.129. The Morgan fingerprint density at radius 2 is 1.52 bits per heavy atom. The van der Waals surface area contributed by atoms with E-state index in [0.717, 1.165) is 29.2 Å². The van der Waals surface area contributed by atoms with Crippen molar-refractivity contribution in [3.63, 3.8) is 0 Å². The number of hydrogen-bond acceptors (Lipinski definition) is 4. The minimum atomic E-state index is -0.472. The Labute approximate surface area is 223 Å². The van der Waals surface area contributed by atoms with Crippen LogP contribution in [0, 0.1) is 7.14 Å². The van der Waals surface area contributed by atoms with E-state index in [4.69, 9.17) is 9.47 Å². The third-order valence-electron chi connectivity index (χ3n) is 4.33. The van der Waals surface area contributed by atoms with Gasteiger partial charge in [-0.2, -0.15) is 0 Å². The zero-order valence-corrected chi connectivity index (χ0v) is 23.2. The molecule has 1 aliphatic rings. The summed E-state index contributed by atoms with van der Waals surface area (Å²) in [5, 5.41) is 0. The summed E-state index contributed by atoms with van der Waals surface area (Å²) in [4.78, 5) is 16.7. The normalized spacial score (nSPS) is 14.5. The monoisotopic (exact) mass is 763 g/mol. The molecular formula is C23H13Br2I2NO3. The maximum absolute atomic E-state index is 12.3. The van der Waals surface area contributed by atoms with Crippen molar-refractivity contribution in [2.24, 2.45) is 4.99 Å². The van der Waals surface area contributed by atoms with Crippen molar-refractivity contribution in [3.8, 4) is 5.75 Å². The molecule has 31 heavy (non-hydrogen) atoms. The minimum absolute atomic E-state index is 0.250. The van der Waals surface area contributed by atoms with Crippen LogP contribution < -0.4 is 4.74 Å². The number of halogens is 4. The van der Waals surface area contributed by atoms with Gasteiger partial charge < -0.3 is 9.47 Å². The van der Waals surface area contributed by atoms with E-state index in [-0.39, 0.29) is 5.70 Å². The Balaban J connectivity index is 1.54. The average Bonchev–Trinajstić information content (AvgIpc) is 3.09. The molecule has 0 unspecified atom stereocenters. The number of ether oxygens (including phenoxy) is 2. The molecule has 0 spiro atoms. The van der Waals surface area contributed by atoms with Gasteiger partial charge in [-0.1, -0.05) is 12.1 Å². The van der Waals surface area contributed by atoms with Crippen molar-refractivity contribution >= 4 is 95.0 Å². The standard InChI is InChI=1S/C23H13Br2I2NO3/c24-18-9-14(10-19(25)21(18)30-12-13-1-5-16(26)6-2-13)11-20-23(29)31-22(28-20)15-3-7-17(27)8-4-15/h1-11H,12H2/b20-11-. The molecule has 0 N–H and O–H groups in total. The summed E-state index contributed by atoms with van der Waals surface area (Å²) in [5.74, 6) is 0.529. The van der Waals surface area contributed by atoms with Gasteiger partial charge in [0, 0.05) is 12.7 Å². The van der Waals surface area contributed by atoms with Gasteiger partial charge in [0.25, 0.3) is 0 Å². The minimum Gasteiger partial charge on any atom is -0.487 e. The molecule has 0 aromatic heterocycles. The first-order chi connectivity index (χ1) is 14.9. The molecule has 0 atom stereocenters. The Morgan fingerprint density at radius 1 is 0.935 bits per heavy atom. The van der Waals surface area contributed by atoms with Crippen LogP contribution in [0.4, 0.5) is 0 Å². The van der Waals surface area contributed by atoms with Crippen LogP contribution in [0.5, 0.6) is 5.75 Å². The highest BCUT2D eigenvalue weighted by Crippen LogP contribution is 2.36. The third-order valence-corrected chi connectivity index (χ3v) is 6.95. The lowest BCUT2D eigenvalue weighted by Gasteiger charge is -2.11. The summed E-state index contributed by atoms with van der Waals surface area (Å²) >= 11 is 11.6. The Morgan fingerprint density at radius 3 is 2.13 bits per heavy atom. The van der Waals surface area contributed by atoms with E-state index >= 15 is 0 Å². The fourth-order valence-corrected chi connectivity index (χ4v) is 4.99. The lowest BCUT2D eigenvalue weighted by atomic mass is 10.2. The van der Waals surface area contributed by atoms with Crippen LogP contribution in [0.3, 0.4) is 0 Å². The fourth-order valence-electron chi connectivity index (χ4n) is 2.82. The highest BCUT2D eigenvalue weighted by molar-refractivity contribution is 14.1. The molecule has 1 heterocycles. The number of nitrogens with zero attached hydrogens (tertiary/aromatic N) is 1. The van der Waals surface area contributed by atoms with Crippen molar-refractivity contribution in [2.45, 2.75) is 6.61 Å². The number of carbonyl (C=O) groups is 1. The molecule has 3 aromatic carbocycles. The molecule has 0 bridgehead atoms. The molecule has 0 saturated heterocycles. The van der Waals surface area contributed by atoms with Crippen LogP contribution in [0.25, 0.3) is 6.08 Å². The Kier molecular flexibility index (Phi) is 7.50. The second-order valence-corrected chi connectivity index (χ2v) is 10.8. The molecule has 0 fully saturated rings. The van der Waals surface area contributed by atoms with E-state index in [1.165, 1.54) is 3.57 Å². The maximum Gasteiger partial charge on any atom is 0.363 e. The van der Waals surface area contributed by atoms with Crippen molar-refractivity contribution in [3.05, 3.63) is 99.1 Å². The second kappa shape index (κ2) is 10.1. The van der Waals surface area contributed by atoms with Crippen molar-refractivity contribution in [1.29, 1.82) is 0 Å². The maximum atomic E-state index is 12.3. The van der Waals surface area contributed by atoms with Crippen LogP contribution in [0.2, 0.25) is 0 Å². The fraction of sp³-hybridized carbons (Fsp3) is 0.0435. The molecule has 0 amide bonds. The third kappa shape index (κ3) is 5.77. The number of cyclic esters (lactones) is 1. The van der Waals surface area contributed by atoms with Gasteiger partial charge in [-0.05, 0) is 143 Å². The summed E-state index contributed by atoms with van der Waals surface area (Å²) < 4.78 is 15.2. The van der Waals surface area contributed by atoms with Gasteiger partial charge in [0.05, 0.1) is 8.95 Å². The van der Waals surface area contributed by atoms with Crippen LogP contribution in [-0.4, -0.2) is 11.9 Å². The number of aliphatic imine (C=N–C) groups is 1. The van der Waals surface area contributed by atoms with Gasteiger partial charge >= 0.3 is 5.97 Å². The zero-order chi connectivity index (χ0) is 22.0. The molecule has 1 aliphatic heterocycles. The van der Waals surface area contributed by atoms with Gasteiger partial charge in [-0.25, -0.2) is 9.79 Å². The lowest BCUT2D eigenvalue weighted by Crippen LogP contribution is -2.05. The highest BCUT2D eigenvalue weighted by Gasteiger charge is 2.24. The molecule has 0 radical (unpaired) electrons. The highest BCUT2D eigenvalue weighted by atomic mass is 127. The van der Waals surface area contributed by atoms with Gasteiger partial charge in [0.1, 0.15) is 12.4 Å². The van der Waals surface area contributed by atoms with E-state index in [1.54, 1.807) is 6.08 Å². The van der Waals surface area contributed by atoms with Crippen LogP contribution in [0.15, 0.2) is 80.3 Å². The molecule has 0 aliphatic carbocycles. The van der Waals surface area contributed by atoms with Crippen molar-refractivity contribution in [1.82, 2.24) is 0 Å². The van der Waals surface area contributed by atoms with Crippen LogP contribution in [-0.2, 0) is 16.1 Å². The van der Waals surface area contributed by atoms with Crippen molar-refractivity contribution < 1.29 is 14.3 Å². The first-order valence-corrected chi connectivity index (χ1v) is 12.8. The summed E-state index contributed by atoms with van der Waals surface area (Å²) in [5.41, 5.74) is 2.88. The topological polar surface area (TPSA) is 47.9 Å². The largest absolute Gasteiger partial charge is 0.487 e. The number of esters is 1. The summed E-state index contributed by atoms with van der Waals surface area (Å²) in [7, 11) is 0. The predicted octanol–water partition coefficient (Wildman–Crippen LogP) is 7.34. The molecular weight excluding hydrogens is 752 g/mol. The zero-order valence-electron chi connectivity index (χ0n) is 15.7. The summed E-state index contributed by atoms with van der Waals surface area (Å²) in [6, 6.07) is 19.6. The summed E-state index contributed by atoms with van der Waals surface area (Å²) in [6.45, 7) is 0.449. The quantitative estimate of drug-likeness (QED) is 0.155. The molecule has 8 heteroatoms. The van der Waals surface area contributed by atoms with E-state index in [9.17, 15) is 4.79 Å². The molecule has 4 nitrogen and oxygen atoms in total. The van der Waals surface area contributed by atoms with Crippen LogP contribution in [0.1, 0.15) is 16.7 Å². The molecule has 0 saturated carbocycles. The first kappa shape index (κ1) is 22.9. The summed E-state index contributed by atoms with van der Waals surface area (Å²) in [6.07, 6.45) is 1.69. The van der Waals surface area contributed by atoms with E-state index in [1.807, 2.05) is 60.7 Å². The number of benzene rings is 3. The smallest absolute Gasteiger partial charge is 0.363 e. The number of hydrogen-bond donors (Lipinski definition) is 0. The predicted molar refractivity (Wildman–Crippen MR) is 145 cm³/mol. The molecule has 3 aromatic rings. The van der Waals surface area contributed by atoms with Crippen LogP contribution >= 0.6 is 77.0 Å². The molecule has 156 valence electrons. The van der Waals surface area contributed by atoms with E-state index in [0.29, 0.717) is 18.3 Å². The molecule has 4 rings (SSSR count). The van der Waals surface area contributed by atoms with Gasteiger partial charge in [0.2, 0.25) is 5.90 Å². The Bertz CT molecular complexity index is 1180. The van der Waals surface area contributed by atoms with Gasteiger partial charge in [0.15, 0.2) is 5.70 Å². The van der Waals surface area contributed by atoms with E-state index < -0.39 is 5.97 Å².